The lowest BCUT2D eigenvalue weighted by Crippen LogP contribution is -2.44. The maximum atomic E-state index is 13.0. The van der Waals surface area contributed by atoms with Gasteiger partial charge in [0.25, 0.3) is 5.91 Å². The van der Waals surface area contributed by atoms with Crippen molar-refractivity contribution < 1.29 is 4.79 Å². The number of likely N-dealkylation sites (tertiary alicyclic amines) is 1. The predicted molar refractivity (Wildman–Crippen MR) is 132 cm³/mol. The maximum Gasteiger partial charge on any atom is 0.253 e. The Kier molecular flexibility index (Phi) is 7.57. The Labute approximate surface area is 192 Å². The Balaban J connectivity index is 1.44. The van der Waals surface area contributed by atoms with Crippen molar-refractivity contribution in [3.63, 3.8) is 0 Å². The monoisotopic (exact) mass is 427 g/mol. The zero-order chi connectivity index (χ0) is 22.2. The molecule has 166 valence electrons. The second kappa shape index (κ2) is 11.0. The van der Waals surface area contributed by atoms with Crippen LogP contribution in [0.1, 0.15) is 29.3 Å². The highest BCUT2D eigenvalue weighted by molar-refractivity contribution is 5.94. The molecule has 1 unspecified atom stereocenters. The first-order valence-corrected chi connectivity index (χ1v) is 11.7. The molecule has 1 saturated heterocycles. The molecule has 0 spiro atoms. The first-order valence-electron chi connectivity index (χ1n) is 11.7. The summed E-state index contributed by atoms with van der Waals surface area (Å²) in [6.07, 6.45) is 1.14. The van der Waals surface area contributed by atoms with Crippen LogP contribution in [0.5, 0.6) is 0 Å². The van der Waals surface area contributed by atoms with Crippen molar-refractivity contribution in [2.45, 2.75) is 25.9 Å². The maximum absolute atomic E-state index is 13.0. The van der Waals surface area contributed by atoms with E-state index >= 15 is 0 Å². The van der Waals surface area contributed by atoms with E-state index < -0.39 is 0 Å². The normalized spacial score (nSPS) is 16.1. The lowest BCUT2D eigenvalue weighted by molar-refractivity contribution is 0.0767. The van der Waals surface area contributed by atoms with E-state index in [4.69, 9.17) is 0 Å². The lowest BCUT2D eigenvalue weighted by atomic mass is 10.1. The highest BCUT2D eigenvalue weighted by Crippen LogP contribution is 2.24. The third kappa shape index (κ3) is 5.57. The molecule has 0 radical (unpaired) electrons. The second-order valence-electron chi connectivity index (χ2n) is 8.44. The number of nitrogens with zero attached hydrogens (tertiary/aromatic N) is 3. The average molecular weight is 428 g/mol. The van der Waals surface area contributed by atoms with Crippen molar-refractivity contribution in [1.29, 1.82) is 0 Å². The lowest BCUT2D eigenvalue weighted by Gasteiger charge is -2.33. The van der Waals surface area contributed by atoms with Crippen LogP contribution in [0.3, 0.4) is 0 Å². The topological polar surface area (TPSA) is 26.8 Å². The van der Waals surface area contributed by atoms with Crippen LogP contribution in [0.25, 0.3) is 0 Å². The molecule has 0 bridgehead atoms. The summed E-state index contributed by atoms with van der Waals surface area (Å²) in [7, 11) is 0. The van der Waals surface area contributed by atoms with Crippen LogP contribution in [-0.2, 0) is 6.54 Å². The number of hydrogen-bond acceptors (Lipinski definition) is 3. The molecule has 32 heavy (non-hydrogen) atoms. The SMILES string of the molecule is CCN(CCN(c1ccccc1)C1CCN(Cc2ccccc2)C1)C(=O)c1ccccc1. The summed E-state index contributed by atoms with van der Waals surface area (Å²) in [4.78, 5) is 20.0. The minimum atomic E-state index is 0.109. The number of anilines is 1. The Hall–Kier alpha value is -3.11. The van der Waals surface area contributed by atoms with Crippen LogP contribution in [-0.4, -0.2) is 54.5 Å². The van der Waals surface area contributed by atoms with E-state index in [2.05, 4.69) is 77.4 Å². The molecule has 0 N–H and O–H groups in total. The molecule has 3 aromatic carbocycles. The molecule has 1 heterocycles. The van der Waals surface area contributed by atoms with E-state index in [9.17, 15) is 4.79 Å². The van der Waals surface area contributed by atoms with E-state index in [0.29, 0.717) is 19.1 Å². The zero-order valence-corrected chi connectivity index (χ0v) is 18.9. The van der Waals surface area contributed by atoms with Crippen molar-refractivity contribution in [3.05, 3.63) is 102 Å². The fourth-order valence-corrected chi connectivity index (χ4v) is 4.59. The molecule has 4 rings (SSSR count). The van der Waals surface area contributed by atoms with Gasteiger partial charge in [-0.05, 0) is 43.2 Å². The molecule has 1 amide bonds. The van der Waals surface area contributed by atoms with Crippen LogP contribution < -0.4 is 4.90 Å². The molecule has 1 aliphatic heterocycles. The van der Waals surface area contributed by atoms with Crippen LogP contribution >= 0.6 is 0 Å². The molecule has 1 atom stereocenters. The van der Waals surface area contributed by atoms with Crippen molar-refractivity contribution >= 4 is 11.6 Å². The van der Waals surface area contributed by atoms with E-state index in [1.807, 2.05) is 35.2 Å². The van der Waals surface area contributed by atoms with Gasteiger partial charge in [-0.1, -0.05) is 66.7 Å². The standard InChI is InChI=1S/C28H33N3O/c1-2-30(28(32)25-14-8-4-9-15-25)20-21-31(26-16-10-5-11-17-26)27-18-19-29(23-27)22-24-12-6-3-7-13-24/h3-17,27H,2,18-23H2,1H3. The summed E-state index contributed by atoms with van der Waals surface area (Å²) in [5, 5.41) is 0. The van der Waals surface area contributed by atoms with Crippen LogP contribution in [0.4, 0.5) is 5.69 Å². The number of hydrogen-bond donors (Lipinski definition) is 0. The third-order valence-electron chi connectivity index (χ3n) is 6.33. The summed E-state index contributed by atoms with van der Waals surface area (Å²) in [5.74, 6) is 0.109. The summed E-state index contributed by atoms with van der Waals surface area (Å²) in [5.41, 5.74) is 3.36. The Morgan fingerprint density at radius 3 is 2.16 bits per heavy atom. The number of likely N-dealkylation sites (N-methyl/N-ethyl adjacent to an activating group) is 1. The zero-order valence-electron chi connectivity index (χ0n) is 18.9. The Bertz CT molecular complexity index is 962. The minimum Gasteiger partial charge on any atom is -0.365 e. The molecule has 1 fully saturated rings. The van der Waals surface area contributed by atoms with E-state index in [0.717, 1.165) is 38.2 Å². The summed E-state index contributed by atoms with van der Waals surface area (Å²) >= 11 is 0. The molecule has 3 aromatic rings. The van der Waals surface area contributed by atoms with Gasteiger partial charge in [-0.3, -0.25) is 9.69 Å². The number of carbonyl (C=O) groups is 1. The van der Waals surface area contributed by atoms with Crippen molar-refractivity contribution in [3.8, 4) is 0 Å². The number of benzene rings is 3. The molecule has 0 saturated carbocycles. The Morgan fingerprint density at radius 2 is 1.50 bits per heavy atom. The first-order chi connectivity index (χ1) is 15.7. The predicted octanol–water partition coefficient (Wildman–Crippen LogP) is 4.93. The fourth-order valence-electron chi connectivity index (χ4n) is 4.59. The molecule has 4 heteroatoms. The van der Waals surface area contributed by atoms with Crippen LogP contribution in [0.2, 0.25) is 0 Å². The van der Waals surface area contributed by atoms with Crippen molar-refractivity contribution in [2.75, 3.05) is 37.6 Å². The number of rotatable bonds is 9. The second-order valence-corrected chi connectivity index (χ2v) is 8.44. The molecule has 4 nitrogen and oxygen atoms in total. The van der Waals surface area contributed by atoms with E-state index in [1.54, 1.807) is 0 Å². The van der Waals surface area contributed by atoms with Crippen LogP contribution in [0.15, 0.2) is 91.0 Å². The molecular weight excluding hydrogens is 394 g/mol. The van der Waals surface area contributed by atoms with Gasteiger partial charge in [0.2, 0.25) is 0 Å². The molecule has 1 aliphatic rings. The largest absolute Gasteiger partial charge is 0.365 e. The molecule has 0 aliphatic carbocycles. The van der Waals surface area contributed by atoms with Crippen molar-refractivity contribution in [2.24, 2.45) is 0 Å². The summed E-state index contributed by atoms with van der Waals surface area (Å²) < 4.78 is 0. The van der Waals surface area contributed by atoms with Crippen LogP contribution in [0, 0.1) is 0 Å². The average Bonchev–Trinajstić information content (AvgIpc) is 3.31. The quantitative estimate of drug-likeness (QED) is 0.484. The van der Waals surface area contributed by atoms with Gasteiger partial charge in [-0.2, -0.15) is 0 Å². The highest BCUT2D eigenvalue weighted by atomic mass is 16.2. The third-order valence-corrected chi connectivity index (χ3v) is 6.33. The first kappa shape index (κ1) is 22.1. The summed E-state index contributed by atoms with van der Waals surface area (Å²) in [6.45, 7) is 7.46. The van der Waals surface area contributed by atoms with Gasteiger partial charge in [0.15, 0.2) is 0 Å². The van der Waals surface area contributed by atoms with E-state index in [-0.39, 0.29) is 5.91 Å². The van der Waals surface area contributed by atoms with Gasteiger partial charge in [0.05, 0.1) is 0 Å². The van der Waals surface area contributed by atoms with Gasteiger partial charge < -0.3 is 9.80 Å². The smallest absolute Gasteiger partial charge is 0.253 e. The van der Waals surface area contributed by atoms with Gasteiger partial charge in [-0.15, -0.1) is 0 Å². The van der Waals surface area contributed by atoms with Gasteiger partial charge >= 0.3 is 0 Å². The Morgan fingerprint density at radius 1 is 0.875 bits per heavy atom. The number of para-hydroxylation sites is 1. The highest BCUT2D eigenvalue weighted by Gasteiger charge is 2.28. The van der Waals surface area contributed by atoms with E-state index in [1.165, 1.54) is 11.3 Å². The van der Waals surface area contributed by atoms with Gasteiger partial charge in [-0.25, -0.2) is 0 Å². The summed E-state index contributed by atoms with van der Waals surface area (Å²) in [6, 6.07) is 31.4. The van der Waals surface area contributed by atoms with Crippen molar-refractivity contribution in [1.82, 2.24) is 9.80 Å². The molecular formula is C28H33N3O. The number of carbonyl (C=O) groups excluding carboxylic acids is 1. The fraction of sp³-hybridized carbons (Fsp3) is 0.321. The van der Waals surface area contributed by atoms with Gasteiger partial charge in [0.1, 0.15) is 0 Å². The molecule has 0 aromatic heterocycles. The number of amides is 1. The van der Waals surface area contributed by atoms with Gasteiger partial charge in [0, 0.05) is 56.6 Å². The minimum absolute atomic E-state index is 0.109.